The molecule has 0 aromatic heterocycles. The summed E-state index contributed by atoms with van der Waals surface area (Å²) in [7, 11) is 0. The highest BCUT2D eigenvalue weighted by Gasteiger charge is 2.19. The number of nitrogens with zero attached hydrogens (tertiary/aromatic N) is 1. The largest absolute Gasteiger partial charge is 0.506 e. The molecule has 5 nitrogen and oxygen atoms in total. The Balaban J connectivity index is 1.99. The summed E-state index contributed by atoms with van der Waals surface area (Å²) in [5.74, 6) is -0.262. The maximum absolute atomic E-state index is 11.7. The number of ether oxygens (including phenoxy) is 1. The lowest BCUT2D eigenvalue weighted by Crippen LogP contribution is -2.19. The minimum Gasteiger partial charge on any atom is -0.506 e. The molecule has 18 heavy (non-hydrogen) atoms. The van der Waals surface area contributed by atoms with Crippen LogP contribution in [0.1, 0.15) is 24.8 Å². The molecule has 0 radical (unpaired) electrons. The van der Waals surface area contributed by atoms with Gasteiger partial charge in [0.2, 0.25) is 5.91 Å². The van der Waals surface area contributed by atoms with E-state index in [0.717, 1.165) is 12.8 Å². The number of amides is 1. The summed E-state index contributed by atoms with van der Waals surface area (Å²) in [6, 6.07) is 6.28. The van der Waals surface area contributed by atoms with Crippen LogP contribution in [-0.2, 0) is 9.53 Å². The highest BCUT2D eigenvalue weighted by molar-refractivity contribution is 5.92. The van der Waals surface area contributed by atoms with Crippen LogP contribution < -0.4 is 5.32 Å². The van der Waals surface area contributed by atoms with Crippen LogP contribution in [0.3, 0.4) is 0 Å². The monoisotopic (exact) mass is 246 g/mol. The molecular weight excluding hydrogens is 232 g/mol. The lowest BCUT2D eigenvalue weighted by Gasteiger charge is -2.11. The lowest BCUT2D eigenvalue weighted by molar-refractivity contribution is -0.118. The molecular formula is C13H14N2O3. The molecule has 0 bridgehead atoms. The Bertz CT molecular complexity index is 487. The fourth-order valence-electron chi connectivity index (χ4n) is 1.92. The van der Waals surface area contributed by atoms with Crippen molar-refractivity contribution in [2.45, 2.75) is 25.4 Å². The molecule has 94 valence electrons. The van der Waals surface area contributed by atoms with Gasteiger partial charge in [0.1, 0.15) is 5.75 Å². The summed E-state index contributed by atoms with van der Waals surface area (Å²) in [5, 5.41) is 20.9. The number of carbonyl (C=O) groups excluding carboxylic acids is 1. The van der Waals surface area contributed by atoms with Gasteiger partial charge in [-0.2, -0.15) is 5.26 Å². The molecule has 0 aliphatic carbocycles. The summed E-state index contributed by atoms with van der Waals surface area (Å²) < 4.78 is 5.36. The van der Waals surface area contributed by atoms with Gasteiger partial charge in [0.15, 0.2) is 0 Å². The third-order valence-electron chi connectivity index (χ3n) is 2.84. The number of hydrogen-bond donors (Lipinski definition) is 2. The van der Waals surface area contributed by atoms with Crippen molar-refractivity contribution in [3.8, 4) is 11.8 Å². The molecule has 1 amide bonds. The normalized spacial score (nSPS) is 18.3. The van der Waals surface area contributed by atoms with Gasteiger partial charge in [0.05, 0.1) is 29.8 Å². The number of anilines is 1. The first kappa shape index (κ1) is 12.4. The van der Waals surface area contributed by atoms with Gasteiger partial charge in [-0.15, -0.1) is 0 Å². The van der Waals surface area contributed by atoms with E-state index >= 15 is 0 Å². The van der Waals surface area contributed by atoms with Crippen LogP contribution in [0.4, 0.5) is 5.69 Å². The minimum atomic E-state index is -0.215. The number of phenolic OH excluding ortho intramolecular Hbond substituents is 1. The van der Waals surface area contributed by atoms with Crippen LogP contribution >= 0.6 is 0 Å². The molecule has 1 aliphatic heterocycles. The molecule has 1 fully saturated rings. The van der Waals surface area contributed by atoms with Crippen molar-refractivity contribution in [1.29, 1.82) is 5.26 Å². The van der Waals surface area contributed by atoms with Crippen molar-refractivity contribution in [1.82, 2.24) is 0 Å². The summed E-state index contributed by atoms with van der Waals surface area (Å²) in [6.07, 6.45) is 2.10. The maximum Gasteiger partial charge on any atom is 0.227 e. The van der Waals surface area contributed by atoms with E-state index in [9.17, 15) is 9.90 Å². The number of benzene rings is 1. The van der Waals surface area contributed by atoms with Crippen molar-refractivity contribution in [3.63, 3.8) is 0 Å². The van der Waals surface area contributed by atoms with E-state index in [2.05, 4.69) is 5.32 Å². The van der Waals surface area contributed by atoms with E-state index in [4.69, 9.17) is 10.00 Å². The van der Waals surface area contributed by atoms with Crippen LogP contribution in [0.25, 0.3) is 0 Å². The van der Waals surface area contributed by atoms with E-state index in [0.29, 0.717) is 12.2 Å². The van der Waals surface area contributed by atoms with E-state index < -0.39 is 0 Å². The SMILES string of the molecule is N#Cc1ccc(O)c(NC(=O)C[C@@H]2CCCO2)c1. The first-order chi connectivity index (χ1) is 8.69. The first-order valence-electron chi connectivity index (χ1n) is 5.83. The van der Waals surface area contributed by atoms with Gasteiger partial charge in [-0.1, -0.05) is 0 Å². The van der Waals surface area contributed by atoms with E-state index in [1.807, 2.05) is 6.07 Å². The van der Waals surface area contributed by atoms with Gasteiger partial charge >= 0.3 is 0 Å². The van der Waals surface area contributed by atoms with Crippen LogP contribution in [0.5, 0.6) is 5.75 Å². The number of hydrogen-bond acceptors (Lipinski definition) is 4. The Morgan fingerprint density at radius 2 is 2.44 bits per heavy atom. The zero-order valence-corrected chi connectivity index (χ0v) is 9.85. The second kappa shape index (κ2) is 5.52. The van der Waals surface area contributed by atoms with Gasteiger partial charge in [-0.05, 0) is 31.0 Å². The van der Waals surface area contributed by atoms with E-state index in [-0.39, 0.29) is 29.9 Å². The number of aromatic hydroxyl groups is 1. The van der Waals surface area contributed by atoms with Gasteiger partial charge in [0, 0.05) is 6.61 Å². The van der Waals surface area contributed by atoms with Gasteiger partial charge in [0.25, 0.3) is 0 Å². The third kappa shape index (κ3) is 2.99. The topological polar surface area (TPSA) is 82.4 Å². The molecule has 1 saturated heterocycles. The maximum atomic E-state index is 11.7. The van der Waals surface area contributed by atoms with Gasteiger partial charge < -0.3 is 15.2 Å². The molecule has 0 spiro atoms. The van der Waals surface area contributed by atoms with Crippen molar-refractivity contribution in [2.24, 2.45) is 0 Å². The molecule has 1 aromatic carbocycles. The summed E-state index contributed by atoms with van der Waals surface area (Å²) in [6.45, 7) is 0.702. The molecule has 2 N–H and O–H groups in total. The number of carbonyl (C=O) groups is 1. The van der Waals surface area contributed by atoms with Crippen molar-refractivity contribution < 1.29 is 14.6 Å². The molecule has 2 rings (SSSR count). The van der Waals surface area contributed by atoms with E-state index in [1.165, 1.54) is 18.2 Å². The quantitative estimate of drug-likeness (QED) is 0.796. The zero-order valence-electron chi connectivity index (χ0n) is 9.85. The highest BCUT2D eigenvalue weighted by Crippen LogP contribution is 2.24. The molecule has 1 aliphatic rings. The van der Waals surface area contributed by atoms with E-state index in [1.54, 1.807) is 0 Å². The average molecular weight is 246 g/mol. The van der Waals surface area contributed by atoms with Crippen molar-refractivity contribution in [2.75, 3.05) is 11.9 Å². The van der Waals surface area contributed by atoms with Gasteiger partial charge in [-0.25, -0.2) is 0 Å². The van der Waals surface area contributed by atoms with Crippen LogP contribution in [0.15, 0.2) is 18.2 Å². The lowest BCUT2D eigenvalue weighted by atomic mass is 10.1. The number of rotatable bonds is 3. The Kier molecular flexibility index (Phi) is 3.80. The Morgan fingerprint density at radius 1 is 1.61 bits per heavy atom. The number of nitriles is 1. The Hall–Kier alpha value is -2.06. The first-order valence-corrected chi connectivity index (χ1v) is 5.83. The zero-order chi connectivity index (χ0) is 13.0. The molecule has 0 unspecified atom stereocenters. The molecule has 0 saturated carbocycles. The third-order valence-corrected chi connectivity index (χ3v) is 2.84. The number of nitrogens with one attached hydrogen (secondary N) is 1. The smallest absolute Gasteiger partial charge is 0.227 e. The molecule has 1 atom stereocenters. The van der Waals surface area contributed by atoms with Crippen LogP contribution in [0, 0.1) is 11.3 Å². The summed E-state index contributed by atoms with van der Waals surface area (Å²) >= 11 is 0. The highest BCUT2D eigenvalue weighted by atomic mass is 16.5. The second-order valence-electron chi connectivity index (χ2n) is 4.23. The van der Waals surface area contributed by atoms with Gasteiger partial charge in [-0.3, -0.25) is 4.79 Å². The Labute approximate surface area is 105 Å². The molecule has 1 heterocycles. The summed E-state index contributed by atoms with van der Waals surface area (Å²) in [4.78, 5) is 11.7. The minimum absolute atomic E-state index is 0.0358. The van der Waals surface area contributed by atoms with Crippen molar-refractivity contribution in [3.05, 3.63) is 23.8 Å². The fourth-order valence-corrected chi connectivity index (χ4v) is 1.92. The standard InChI is InChI=1S/C13H14N2O3/c14-8-9-3-4-12(16)11(6-9)15-13(17)7-10-2-1-5-18-10/h3-4,6,10,16H,1-2,5,7H2,(H,15,17)/t10-/m0/s1. The predicted molar refractivity (Wildman–Crippen MR) is 65.0 cm³/mol. The van der Waals surface area contributed by atoms with Crippen LogP contribution in [-0.4, -0.2) is 23.7 Å². The predicted octanol–water partition coefficient (Wildman–Crippen LogP) is 1.77. The van der Waals surface area contributed by atoms with Crippen LogP contribution in [0.2, 0.25) is 0 Å². The average Bonchev–Trinajstić information content (AvgIpc) is 2.84. The fraction of sp³-hybridized carbons (Fsp3) is 0.385. The summed E-state index contributed by atoms with van der Waals surface area (Å²) in [5.41, 5.74) is 0.650. The second-order valence-corrected chi connectivity index (χ2v) is 4.23. The Morgan fingerprint density at radius 3 is 3.11 bits per heavy atom. The number of phenols is 1. The van der Waals surface area contributed by atoms with Crippen molar-refractivity contribution >= 4 is 11.6 Å². The molecule has 1 aromatic rings. The molecule has 5 heteroatoms.